The van der Waals surface area contributed by atoms with Gasteiger partial charge in [-0.1, -0.05) is 0 Å². The summed E-state index contributed by atoms with van der Waals surface area (Å²) >= 11 is 0. The third-order valence-corrected chi connectivity index (χ3v) is 1.93. The van der Waals surface area contributed by atoms with E-state index in [0.717, 1.165) is 0 Å². The van der Waals surface area contributed by atoms with E-state index in [1.165, 1.54) is 11.9 Å². The molecule has 0 aromatic heterocycles. The summed E-state index contributed by atoms with van der Waals surface area (Å²) in [5.41, 5.74) is 5.46. The molecule has 0 radical (unpaired) electrons. The topological polar surface area (TPSA) is 53.6 Å². The maximum atomic E-state index is 12.0. The predicted octanol–water partition coefficient (Wildman–Crippen LogP) is 2.19. The molecule has 0 spiro atoms. The number of nitrogens with one attached hydrogen (secondary N) is 1. The molecule has 0 aliphatic carbocycles. The minimum Gasteiger partial charge on any atom is -0.370 e. The molecule has 0 unspecified atom stereocenters. The minimum atomic E-state index is -4.15. The van der Waals surface area contributed by atoms with Gasteiger partial charge in [0.2, 0.25) is 0 Å². The van der Waals surface area contributed by atoms with Gasteiger partial charge in [0.1, 0.15) is 0 Å². The summed E-state index contributed by atoms with van der Waals surface area (Å²) in [4.78, 5) is 5.28. The molecule has 4 nitrogen and oxygen atoms in total. The van der Waals surface area contributed by atoms with Gasteiger partial charge in [0.05, 0.1) is 6.54 Å². The number of rotatable bonds is 5. The van der Waals surface area contributed by atoms with E-state index in [-0.39, 0.29) is 29.5 Å². The Balaban J connectivity index is 0. The van der Waals surface area contributed by atoms with Crippen molar-refractivity contribution in [3.63, 3.8) is 0 Å². The Labute approximate surface area is 130 Å². The van der Waals surface area contributed by atoms with E-state index in [2.05, 4.69) is 10.3 Å². The standard InChI is InChI=1S/C11H23F3N4.HI/c1-10(2,3)17-9(15)16-6-5-7-18(4)8-11(12,13)14;/h5-8H2,1-4H3,(H3,15,16,17);1H. The Morgan fingerprint density at radius 3 is 2.21 bits per heavy atom. The van der Waals surface area contributed by atoms with Crippen LogP contribution in [0.15, 0.2) is 4.99 Å². The first-order chi connectivity index (χ1) is 7.99. The summed E-state index contributed by atoms with van der Waals surface area (Å²) in [5, 5.41) is 2.98. The minimum absolute atomic E-state index is 0. The number of guanidine groups is 1. The van der Waals surface area contributed by atoms with E-state index in [4.69, 9.17) is 5.73 Å². The Kier molecular flexibility index (Phi) is 9.78. The second-order valence-electron chi connectivity index (χ2n) is 5.35. The average Bonchev–Trinajstić information content (AvgIpc) is 2.06. The van der Waals surface area contributed by atoms with Gasteiger partial charge in [0, 0.05) is 12.1 Å². The zero-order valence-electron chi connectivity index (χ0n) is 11.8. The number of aliphatic imine (C=N–C) groups is 1. The molecule has 0 saturated heterocycles. The van der Waals surface area contributed by atoms with E-state index in [1.54, 1.807) is 0 Å². The van der Waals surface area contributed by atoms with Crippen LogP contribution in [0.3, 0.4) is 0 Å². The van der Waals surface area contributed by atoms with Gasteiger partial charge < -0.3 is 11.1 Å². The molecule has 116 valence electrons. The summed E-state index contributed by atoms with van der Waals surface area (Å²) in [6.45, 7) is 5.71. The van der Waals surface area contributed by atoms with Crippen LogP contribution in [0.1, 0.15) is 27.2 Å². The summed E-state index contributed by atoms with van der Waals surface area (Å²) in [5.74, 6) is 0.320. The molecular formula is C11H24F3IN4. The van der Waals surface area contributed by atoms with Crippen LogP contribution in [-0.4, -0.2) is 49.3 Å². The van der Waals surface area contributed by atoms with Crippen LogP contribution in [-0.2, 0) is 0 Å². The molecule has 0 heterocycles. The number of nitrogens with two attached hydrogens (primary N) is 1. The van der Waals surface area contributed by atoms with Crippen LogP contribution in [0.2, 0.25) is 0 Å². The lowest BCUT2D eigenvalue weighted by Crippen LogP contribution is -2.45. The Morgan fingerprint density at radius 2 is 1.79 bits per heavy atom. The lowest BCUT2D eigenvalue weighted by molar-refractivity contribution is -0.143. The van der Waals surface area contributed by atoms with Gasteiger partial charge in [-0.2, -0.15) is 13.2 Å². The monoisotopic (exact) mass is 396 g/mol. The average molecular weight is 396 g/mol. The fraction of sp³-hybridized carbons (Fsp3) is 0.909. The fourth-order valence-corrected chi connectivity index (χ4v) is 1.35. The van der Waals surface area contributed by atoms with Gasteiger partial charge in [-0.25, -0.2) is 0 Å². The summed E-state index contributed by atoms with van der Waals surface area (Å²) in [6.07, 6.45) is -3.61. The van der Waals surface area contributed by atoms with E-state index in [9.17, 15) is 13.2 Å². The van der Waals surface area contributed by atoms with E-state index in [1.807, 2.05) is 20.8 Å². The molecule has 0 fully saturated rings. The third kappa shape index (κ3) is 15.7. The number of hydrogen-bond acceptors (Lipinski definition) is 2. The molecule has 19 heavy (non-hydrogen) atoms. The molecule has 0 aliphatic heterocycles. The molecule has 8 heteroatoms. The molecule has 0 aromatic carbocycles. The number of alkyl halides is 3. The first kappa shape index (κ1) is 21.1. The van der Waals surface area contributed by atoms with Crippen LogP contribution in [0.5, 0.6) is 0 Å². The predicted molar refractivity (Wildman–Crippen MR) is 83.0 cm³/mol. The summed E-state index contributed by atoms with van der Waals surface area (Å²) < 4.78 is 36.1. The van der Waals surface area contributed by atoms with Crippen molar-refractivity contribution >= 4 is 29.9 Å². The molecule has 0 atom stereocenters. The van der Waals surface area contributed by atoms with E-state index < -0.39 is 12.7 Å². The zero-order chi connectivity index (χ0) is 14.4. The summed E-state index contributed by atoms with van der Waals surface area (Å²) in [6, 6.07) is 0. The first-order valence-corrected chi connectivity index (χ1v) is 5.83. The van der Waals surface area contributed by atoms with E-state index >= 15 is 0 Å². The highest BCUT2D eigenvalue weighted by molar-refractivity contribution is 14.0. The SMILES string of the molecule is CN(CCCN=C(N)NC(C)(C)C)CC(F)(F)F.I. The van der Waals surface area contributed by atoms with Gasteiger partial charge in [-0.3, -0.25) is 9.89 Å². The van der Waals surface area contributed by atoms with Crippen molar-refractivity contribution in [3.8, 4) is 0 Å². The van der Waals surface area contributed by atoms with Crippen LogP contribution in [0.25, 0.3) is 0 Å². The number of hydrogen-bond donors (Lipinski definition) is 2. The van der Waals surface area contributed by atoms with Gasteiger partial charge in [-0.15, -0.1) is 24.0 Å². The third-order valence-electron chi connectivity index (χ3n) is 1.93. The van der Waals surface area contributed by atoms with Gasteiger partial charge in [0.15, 0.2) is 5.96 Å². The van der Waals surface area contributed by atoms with Gasteiger partial charge in [0.25, 0.3) is 0 Å². The van der Waals surface area contributed by atoms with Crippen molar-refractivity contribution in [2.24, 2.45) is 10.7 Å². The van der Waals surface area contributed by atoms with Crippen molar-refractivity contribution in [1.29, 1.82) is 0 Å². The molecule has 0 aromatic rings. The van der Waals surface area contributed by atoms with Crippen molar-refractivity contribution in [3.05, 3.63) is 0 Å². The van der Waals surface area contributed by atoms with Crippen molar-refractivity contribution < 1.29 is 13.2 Å². The Bertz CT molecular complexity index is 274. The molecule has 0 amide bonds. The molecular weight excluding hydrogens is 372 g/mol. The van der Waals surface area contributed by atoms with Crippen LogP contribution >= 0.6 is 24.0 Å². The Morgan fingerprint density at radius 1 is 1.26 bits per heavy atom. The molecule has 3 N–H and O–H groups in total. The highest BCUT2D eigenvalue weighted by atomic mass is 127. The quantitative estimate of drug-likeness (QED) is 0.324. The Hall–Kier alpha value is -0.250. The molecule has 0 aliphatic rings. The highest BCUT2D eigenvalue weighted by Gasteiger charge is 2.28. The van der Waals surface area contributed by atoms with Crippen LogP contribution in [0.4, 0.5) is 13.2 Å². The lowest BCUT2D eigenvalue weighted by atomic mass is 10.1. The lowest BCUT2D eigenvalue weighted by Gasteiger charge is -2.21. The number of halogens is 4. The molecule has 0 rings (SSSR count). The molecule has 0 saturated carbocycles. The summed E-state index contributed by atoms with van der Waals surface area (Å²) in [7, 11) is 1.44. The first-order valence-electron chi connectivity index (χ1n) is 5.83. The fourth-order valence-electron chi connectivity index (χ4n) is 1.35. The second-order valence-corrected chi connectivity index (χ2v) is 5.35. The normalized spacial score (nSPS) is 13.4. The van der Waals surface area contributed by atoms with Gasteiger partial charge in [-0.05, 0) is 40.8 Å². The maximum absolute atomic E-state index is 12.0. The maximum Gasteiger partial charge on any atom is 0.401 e. The molecule has 0 bridgehead atoms. The van der Waals surface area contributed by atoms with Crippen LogP contribution < -0.4 is 11.1 Å². The van der Waals surface area contributed by atoms with Crippen molar-refractivity contribution in [1.82, 2.24) is 10.2 Å². The van der Waals surface area contributed by atoms with E-state index in [0.29, 0.717) is 25.5 Å². The largest absolute Gasteiger partial charge is 0.401 e. The van der Waals surface area contributed by atoms with Crippen molar-refractivity contribution in [2.45, 2.75) is 38.9 Å². The highest BCUT2D eigenvalue weighted by Crippen LogP contribution is 2.15. The smallest absolute Gasteiger partial charge is 0.370 e. The second kappa shape index (κ2) is 8.83. The number of nitrogens with zero attached hydrogens (tertiary/aromatic N) is 2. The zero-order valence-corrected chi connectivity index (χ0v) is 14.2. The van der Waals surface area contributed by atoms with Crippen molar-refractivity contribution in [2.75, 3.05) is 26.7 Å². The van der Waals surface area contributed by atoms with Crippen LogP contribution in [0, 0.1) is 0 Å². The van der Waals surface area contributed by atoms with Gasteiger partial charge >= 0.3 is 6.18 Å².